The predicted molar refractivity (Wildman–Crippen MR) is 90.3 cm³/mol. The Balaban J connectivity index is 0.000000441. The summed E-state index contributed by atoms with van der Waals surface area (Å²) in [5.74, 6) is -2.50. The molecule has 0 aromatic heterocycles. The Morgan fingerprint density at radius 1 is 1.00 bits per heavy atom. The van der Waals surface area contributed by atoms with E-state index in [-0.39, 0.29) is 17.0 Å². The van der Waals surface area contributed by atoms with E-state index in [0.717, 1.165) is 0 Å². The number of rotatable bonds is 5. The van der Waals surface area contributed by atoms with E-state index in [0.29, 0.717) is 12.8 Å². The molecule has 1 aromatic rings. The molecule has 8 nitrogen and oxygen atoms in total. The number of alkyl halides is 1. The Morgan fingerprint density at radius 2 is 1.33 bits per heavy atom. The first-order valence-electron chi connectivity index (χ1n) is 6.93. The van der Waals surface area contributed by atoms with Crippen molar-refractivity contribution in [1.29, 1.82) is 0 Å². The lowest BCUT2D eigenvalue weighted by Gasteiger charge is -2.21. The summed E-state index contributed by atoms with van der Waals surface area (Å²) in [4.78, 5) is 42.3. The van der Waals surface area contributed by atoms with Gasteiger partial charge in [0.05, 0.1) is 11.1 Å². The normalized spacial score (nSPS) is 10.1. The lowest BCUT2D eigenvalue weighted by molar-refractivity contribution is -0.122. The van der Waals surface area contributed by atoms with E-state index in [9.17, 15) is 19.2 Å². The van der Waals surface area contributed by atoms with Crippen molar-refractivity contribution in [3.63, 3.8) is 0 Å². The molecule has 0 spiro atoms. The van der Waals surface area contributed by atoms with Gasteiger partial charge in [-0.25, -0.2) is 14.4 Å². The summed E-state index contributed by atoms with van der Waals surface area (Å²) >= 11 is 3.26. The van der Waals surface area contributed by atoms with E-state index >= 15 is 0 Å². The molecule has 1 aromatic carbocycles. The van der Waals surface area contributed by atoms with Gasteiger partial charge in [0, 0.05) is 0 Å². The van der Waals surface area contributed by atoms with Gasteiger partial charge in [0.1, 0.15) is 4.32 Å². The van der Waals surface area contributed by atoms with Gasteiger partial charge in [0.2, 0.25) is 5.91 Å². The SMILES string of the molecule is CCC(Br)(CC)C(=O)NC(N)=O.O=C(O)c1ccc(C(=O)O)cc1. The van der Waals surface area contributed by atoms with Crippen molar-refractivity contribution < 1.29 is 29.4 Å². The van der Waals surface area contributed by atoms with Crippen LogP contribution in [0.1, 0.15) is 47.4 Å². The standard InChI is InChI=1S/C8H6O4.C7H13BrN2O2/c9-7(10)5-1-2-6(4-3-5)8(11)12;1-3-7(8,4-2)5(11)10-6(9)12/h1-4H,(H,9,10)(H,11,12);3-4H2,1-2H3,(H3,9,10,11,12). The number of carbonyl (C=O) groups is 4. The van der Waals surface area contributed by atoms with Crippen molar-refractivity contribution in [3.8, 4) is 0 Å². The topological polar surface area (TPSA) is 147 Å². The highest BCUT2D eigenvalue weighted by molar-refractivity contribution is 9.10. The van der Waals surface area contributed by atoms with Gasteiger partial charge in [-0.15, -0.1) is 0 Å². The van der Waals surface area contributed by atoms with Gasteiger partial charge < -0.3 is 15.9 Å². The zero-order chi connectivity index (χ0) is 18.9. The van der Waals surface area contributed by atoms with Crippen LogP contribution in [-0.2, 0) is 4.79 Å². The summed E-state index contributed by atoms with van der Waals surface area (Å²) in [6, 6.07) is 4.21. The molecule has 0 unspecified atom stereocenters. The first-order chi connectivity index (χ1) is 11.1. The maximum atomic E-state index is 11.3. The number of benzene rings is 1. The molecule has 0 aliphatic rings. The predicted octanol–water partition coefficient (Wildman–Crippen LogP) is 2.22. The molecule has 0 saturated heterocycles. The first kappa shape index (κ1) is 21.6. The summed E-state index contributed by atoms with van der Waals surface area (Å²) in [5, 5.41) is 19.0. The van der Waals surface area contributed by atoms with Crippen molar-refractivity contribution in [2.24, 2.45) is 5.73 Å². The van der Waals surface area contributed by atoms with E-state index in [2.05, 4.69) is 15.9 Å². The van der Waals surface area contributed by atoms with Crippen LogP contribution in [0.15, 0.2) is 24.3 Å². The zero-order valence-electron chi connectivity index (χ0n) is 13.2. The average Bonchev–Trinajstić information content (AvgIpc) is 2.54. The maximum Gasteiger partial charge on any atom is 0.335 e. The minimum absolute atomic E-state index is 0.0833. The fraction of sp³-hybridized carbons (Fsp3) is 0.333. The van der Waals surface area contributed by atoms with Gasteiger partial charge in [-0.05, 0) is 37.1 Å². The molecule has 1 rings (SSSR count). The second-order valence-electron chi connectivity index (χ2n) is 4.68. The maximum absolute atomic E-state index is 11.3. The van der Waals surface area contributed by atoms with E-state index in [1.54, 1.807) is 0 Å². The van der Waals surface area contributed by atoms with Gasteiger partial charge in [-0.1, -0.05) is 29.8 Å². The second kappa shape index (κ2) is 9.66. The lowest BCUT2D eigenvalue weighted by Crippen LogP contribution is -2.46. The number of carboxylic acids is 2. The Bertz CT molecular complexity index is 578. The molecule has 0 aliphatic heterocycles. The number of urea groups is 1. The summed E-state index contributed by atoms with van der Waals surface area (Å²) < 4.78 is -0.665. The fourth-order valence-electron chi connectivity index (χ4n) is 1.55. The van der Waals surface area contributed by atoms with Gasteiger partial charge in [-0.2, -0.15) is 0 Å². The molecule has 0 aliphatic carbocycles. The number of hydrogen-bond acceptors (Lipinski definition) is 4. The third kappa shape index (κ3) is 6.78. The summed E-state index contributed by atoms with van der Waals surface area (Å²) in [6.07, 6.45) is 1.23. The quantitative estimate of drug-likeness (QED) is 0.555. The summed E-state index contributed by atoms with van der Waals surface area (Å²) in [5.41, 5.74) is 4.97. The smallest absolute Gasteiger partial charge is 0.335 e. The highest BCUT2D eigenvalue weighted by atomic mass is 79.9. The molecule has 5 N–H and O–H groups in total. The third-order valence-corrected chi connectivity index (χ3v) is 4.62. The molecule has 24 heavy (non-hydrogen) atoms. The van der Waals surface area contributed by atoms with Gasteiger partial charge >= 0.3 is 18.0 Å². The molecular weight excluding hydrogens is 384 g/mol. The number of hydrogen-bond donors (Lipinski definition) is 4. The van der Waals surface area contributed by atoms with Gasteiger partial charge in [0.15, 0.2) is 0 Å². The lowest BCUT2D eigenvalue weighted by atomic mass is 10.0. The number of carbonyl (C=O) groups excluding carboxylic acids is 2. The Kier molecular flexibility index (Phi) is 8.69. The van der Waals surface area contributed by atoms with Crippen LogP contribution in [0.25, 0.3) is 0 Å². The number of primary amides is 1. The van der Waals surface area contributed by atoms with Crippen LogP contribution in [0.4, 0.5) is 4.79 Å². The molecule has 0 fully saturated rings. The number of nitrogens with two attached hydrogens (primary N) is 1. The van der Waals surface area contributed by atoms with E-state index in [1.807, 2.05) is 19.2 Å². The van der Waals surface area contributed by atoms with E-state index in [4.69, 9.17) is 15.9 Å². The molecule has 0 heterocycles. The fourth-order valence-corrected chi connectivity index (χ4v) is 1.65. The van der Waals surface area contributed by atoms with Crippen LogP contribution in [-0.4, -0.2) is 38.4 Å². The van der Waals surface area contributed by atoms with Gasteiger partial charge in [0.25, 0.3) is 0 Å². The van der Waals surface area contributed by atoms with Crippen LogP contribution < -0.4 is 11.1 Å². The Labute approximate surface area is 147 Å². The number of nitrogens with one attached hydrogen (secondary N) is 1. The van der Waals surface area contributed by atoms with E-state index in [1.165, 1.54) is 24.3 Å². The van der Waals surface area contributed by atoms with Crippen molar-refractivity contribution in [1.82, 2.24) is 5.32 Å². The summed E-state index contributed by atoms with van der Waals surface area (Å²) in [7, 11) is 0. The molecule has 0 atom stereocenters. The van der Waals surface area contributed by atoms with Gasteiger partial charge in [-0.3, -0.25) is 10.1 Å². The Morgan fingerprint density at radius 3 is 1.54 bits per heavy atom. The summed E-state index contributed by atoms with van der Waals surface area (Å²) in [6.45, 7) is 3.72. The van der Waals surface area contributed by atoms with E-state index < -0.39 is 22.3 Å². The third-order valence-electron chi connectivity index (χ3n) is 3.14. The molecule has 0 saturated carbocycles. The van der Waals surface area contributed by atoms with Crippen LogP contribution >= 0.6 is 15.9 Å². The number of amides is 3. The number of halogens is 1. The number of aromatic carboxylic acids is 2. The molecule has 0 bridgehead atoms. The van der Waals surface area contributed by atoms with Crippen molar-refractivity contribution in [2.45, 2.75) is 31.0 Å². The van der Waals surface area contributed by atoms with Crippen LogP contribution in [0.2, 0.25) is 0 Å². The minimum atomic E-state index is -1.06. The highest BCUT2D eigenvalue weighted by Gasteiger charge is 2.32. The molecule has 0 radical (unpaired) electrons. The molecule has 9 heteroatoms. The second-order valence-corrected chi connectivity index (χ2v) is 6.20. The van der Waals surface area contributed by atoms with Crippen molar-refractivity contribution >= 4 is 39.8 Å². The minimum Gasteiger partial charge on any atom is -0.478 e. The average molecular weight is 403 g/mol. The van der Waals surface area contributed by atoms with Crippen molar-refractivity contribution in [2.75, 3.05) is 0 Å². The van der Waals surface area contributed by atoms with Crippen LogP contribution in [0.3, 0.4) is 0 Å². The first-order valence-corrected chi connectivity index (χ1v) is 7.73. The number of carboxylic acid groups (broad SMARTS) is 2. The largest absolute Gasteiger partial charge is 0.478 e. The van der Waals surface area contributed by atoms with Crippen molar-refractivity contribution in [3.05, 3.63) is 35.4 Å². The zero-order valence-corrected chi connectivity index (χ0v) is 14.8. The monoisotopic (exact) mass is 402 g/mol. The van der Waals surface area contributed by atoms with Crippen LogP contribution in [0.5, 0.6) is 0 Å². The van der Waals surface area contributed by atoms with Crippen LogP contribution in [0, 0.1) is 0 Å². The Hall–Kier alpha value is -2.42. The molecule has 132 valence electrons. The molecular formula is C15H19BrN2O6. The highest BCUT2D eigenvalue weighted by Crippen LogP contribution is 2.26. The number of imide groups is 1. The molecule has 3 amide bonds.